The Morgan fingerprint density at radius 3 is 2.59 bits per heavy atom. The number of amides is 2. The van der Waals surface area contributed by atoms with E-state index in [1.54, 1.807) is 0 Å². The fraction of sp³-hybridized carbons (Fsp3) is 0.583. The number of piperazine rings is 1. The molecule has 0 spiro atoms. The van der Waals surface area contributed by atoms with Gasteiger partial charge in [0.1, 0.15) is 11.9 Å². The van der Waals surface area contributed by atoms with Gasteiger partial charge in [0.25, 0.3) is 0 Å². The SMILES string of the molecule is CC(C)Oc1ccccc1N1CCN(CC(F)CC23CC=CCC2C(=O)NC3=O)CC1.Cl. The second kappa shape index (κ2) is 10.2. The number of benzene rings is 1. The minimum Gasteiger partial charge on any atom is -0.489 e. The number of hydrogen-bond acceptors (Lipinski definition) is 5. The summed E-state index contributed by atoms with van der Waals surface area (Å²) < 4.78 is 21.1. The zero-order chi connectivity index (χ0) is 22.0. The van der Waals surface area contributed by atoms with Gasteiger partial charge in [-0.3, -0.25) is 19.8 Å². The maximum absolute atomic E-state index is 15.1. The van der Waals surface area contributed by atoms with Crippen LogP contribution in [0, 0.1) is 11.3 Å². The normalized spacial score (nSPS) is 26.5. The van der Waals surface area contributed by atoms with Gasteiger partial charge < -0.3 is 9.64 Å². The maximum Gasteiger partial charge on any atom is 0.234 e. The number of para-hydroxylation sites is 2. The van der Waals surface area contributed by atoms with Crippen molar-refractivity contribution in [2.45, 2.75) is 45.4 Å². The average Bonchev–Trinajstić information content (AvgIpc) is 2.98. The van der Waals surface area contributed by atoms with Gasteiger partial charge in [-0.05, 0) is 45.2 Å². The molecule has 0 bridgehead atoms. The van der Waals surface area contributed by atoms with Crippen LogP contribution < -0.4 is 15.0 Å². The van der Waals surface area contributed by atoms with Gasteiger partial charge in [0, 0.05) is 32.7 Å². The summed E-state index contributed by atoms with van der Waals surface area (Å²) in [5, 5.41) is 2.43. The third kappa shape index (κ3) is 4.94. The minimum absolute atomic E-state index is 0. The molecule has 0 radical (unpaired) electrons. The Labute approximate surface area is 195 Å². The highest BCUT2D eigenvalue weighted by Crippen LogP contribution is 2.46. The molecule has 2 heterocycles. The second-order valence-electron chi connectivity index (χ2n) is 9.16. The standard InChI is InChI=1S/C24H32FN3O3.ClH/c1-17(2)31-21-9-4-3-8-20(21)28-13-11-27(12-14-28)16-18(25)15-24-10-6-5-7-19(24)22(29)26-23(24)30;/h3-6,8-9,17-19H,7,10-16H2,1-2H3,(H,26,29,30);1H. The van der Waals surface area contributed by atoms with Crippen molar-refractivity contribution in [3.63, 3.8) is 0 Å². The summed E-state index contributed by atoms with van der Waals surface area (Å²) in [6, 6.07) is 8.04. The fourth-order valence-electron chi connectivity index (χ4n) is 5.13. The summed E-state index contributed by atoms with van der Waals surface area (Å²) in [5.41, 5.74) is 0.157. The Morgan fingerprint density at radius 1 is 1.16 bits per heavy atom. The van der Waals surface area contributed by atoms with Gasteiger partial charge in [0.05, 0.1) is 23.1 Å². The summed E-state index contributed by atoms with van der Waals surface area (Å²) >= 11 is 0. The summed E-state index contributed by atoms with van der Waals surface area (Å²) in [4.78, 5) is 29.1. The first-order chi connectivity index (χ1) is 14.9. The number of alkyl halides is 1. The van der Waals surface area contributed by atoms with Crippen molar-refractivity contribution >= 4 is 29.9 Å². The molecule has 1 aromatic rings. The monoisotopic (exact) mass is 465 g/mol. The number of imide groups is 1. The van der Waals surface area contributed by atoms with E-state index in [-0.39, 0.29) is 43.3 Å². The number of carbonyl (C=O) groups excluding carboxylic acids is 2. The number of anilines is 1. The molecule has 3 unspecified atom stereocenters. The molecule has 8 heteroatoms. The Balaban J connectivity index is 0.00000289. The molecule has 6 nitrogen and oxygen atoms in total. The molecule has 2 fully saturated rings. The van der Waals surface area contributed by atoms with Crippen molar-refractivity contribution in [2.75, 3.05) is 37.6 Å². The maximum atomic E-state index is 15.1. The number of nitrogens with zero attached hydrogens (tertiary/aromatic N) is 2. The lowest BCUT2D eigenvalue weighted by Crippen LogP contribution is -2.49. The van der Waals surface area contributed by atoms with Crippen LogP contribution in [0.15, 0.2) is 36.4 Å². The zero-order valence-electron chi connectivity index (χ0n) is 18.8. The first-order valence-electron chi connectivity index (χ1n) is 11.3. The van der Waals surface area contributed by atoms with Crippen LogP contribution in [0.5, 0.6) is 5.75 Å². The van der Waals surface area contributed by atoms with Gasteiger partial charge in [0.15, 0.2) is 0 Å². The number of halogens is 2. The van der Waals surface area contributed by atoms with Gasteiger partial charge in [-0.1, -0.05) is 24.3 Å². The topological polar surface area (TPSA) is 61.9 Å². The van der Waals surface area contributed by atoms with Crippen LogP contribution in [0.25, 0.3) is 0 Å². The highest BCUT2D eigenvalue weighted by molar-refractivity contribution is 6.07. The first-order valence-corrected chi connectivity index (χ1v) is 11.3. The van der Waals surface area contributed by atoms with E-state index >= 15 is 4.39 Å². The molecular weight excluding hydrogens is 433 g/mol. The number of ether oxygens (including phenoxy) is 1. The Kier molecular flexibility index (Phi) is 7.83. The van der Waals surface area contributed by atoms with Crippen LogP contribution in [0.3, 0.4) is 0 Å². The lowest BCUT2D eigenvalue weighted by molar-refractivity contribution is -0.130. The largest absolute Gasteiger partial charge is 0.489 e. The zero-order valence-corrected chi connectivity index (χ0v) is 19.6. The van der Waals surface area contributed by atoms with E-state index in [1.807, 2.05) is 44.2 Å². The van der Waals surface area contributed by atoms with Gasteiger partial charge in [-0.15, -0.1) is 12.4 Å². The third-order valence-corrected chi connectivity index (χ3v) is 6.68. The van der Waals surface area contributed by atoms with Gasteiger partial charge in [-0.2, -0.15) is 0 Å². The molecule has 2 saturated heterocycles. The molecule has 2 amide bonds. The summed E-state index contributed by atoms with van der Waals surface area (Å²) in [6.45, 7) is 7.40. The predicted octanol–water partition coefficient (Wildman–Crippen LogP) is 3.35. The number of allylic oxidation sites excluding steroid dienone is 2. The molecule has 32 heavy (non-hydrogen) atoms. The van der Waals surface area contributed by atoms with Crippen LogP contribution in [0.1, 0.15) is 33.1 Å². The van der Waals surface area contributed by atoms with Crippen LogP contribution in [0.4, 0.5) is 10.1 Å². The van der Waals surface area contributed by atoms with Crippen LogP contribution in [0.2, 0.25) is 0 Å². The Hall–Kier alpha value is -2.12. The molecule has 176 valence electrons. The predicted molar refractivity (Wildman–Crippen MR) is 125 cm³/mol. The summed E-state index contributed by atoms with van der Waals surface area (Å²) in [7, 11) is 0. The number of rotatable bonds is 7. The second-order valence-corrected chi connectivity index (χ2v) is 9.16. The highest BCUT2D eigenvalue weighted by atomic mass is 35.5. The van der Waals surface area contributed by atoms with Crippen molar-refractivity contribution < 1.29 is 18.7 Å². The highest BCUT2D eigenvalue weighted by Gasteiger charge is 2.55. The Morgan fingerprint density at radius 2 is 1.88 bits per heavy atom. The smallest absolute Gasteiger partial charge is 0.234 e. The molecule has 3 aliphatic rings. The van der Waals surface area contributed by atoms with Crippen LogP contribution in [-0.2, 0) is 9.59 Å². The molecule has 0 saturated carbocycles. The first kappa shape index (κ1) is 24.5. The molecule has 2 aliphatic heterocycles. The molecule has 1 aliphatic carbocycles. The Bertz CT molecular complexity index is 857. The van der Waals surface area contributed by atoms with E-state index in [0.717, 1.165) is 37.6 Å². The summed E-state index contributed by atoms with van der Waals surface area (Å²) in [5.74, 6) is -0.113. The van der Waals surface area contributed by atoms with Gasteiger partial charge in [-0.25, -0.2) is 4.39 Å². The third-order valence-electron chi connectivity index (χ3n) is 6.68. The van der Waals surface area contributed by atoms with Crippen LogP contribution >= 0.6 is 12.4 Å². The van der Waals surface area contributed by atoms with E-state index in [0.29, 0.717) is 12.8 Å². The molecule has 0 aromatic heterocycles. The number of nitrogens with one attached hydrogen (secondary N) is 1. The van der Waals surface area contributed by atoms with E-state index in [4.69, 9.17) is 4.74 Å². The number of carbonyl (C=O) groups is 2. The van der Waals surface area contributed by atoms with Crippen molar-refractivity contribution in [3.05, 3.63) is 36.4 Å². The van der Waals surface area contributed by atoms with Gasteiger partial charge >= 0.3 is 0 Å². The van der Waals surface area contributed by atoms with Crippen molar-refractivity contribution in [3.8, 4) is 5.75 Å². The molecule has 1 aromatic carbocycles. The quantitative estimate of drug-likeness (QED) is 0.494. The summed E-state index contributed by atoms with van der Waals surface area (Å²) in [6.07, 6.45) is 3.86. The van der Waals surface area contributed by atoms with Gasteiger partial charge in [0.2, 0.25) is 11.8 Å². The van der Waals surface area contributed by atoms with E-state index in [1.165, 1.54) is 0 Å². The average molecular weight is 466 g/mol. The van der Waals surface area contributed by atoms with E-state index < -0.39 is 17.5 Å². The molecular formula is C24H33ClFN3O3. The van der Waals surface area contributed by atoms with E-state index in [2.05, 4.69) is 21.2 Å². The van der Waals surface area contributed by atoms with E-state index in [9.17, 15) is 9.59 Å². The molecule has 4 rings (SSSR count). The minimum atomic E-state index is -1.14. The molecule has 1 N–H and O–H groups in total. The lowest BCUT2D eigenvalue weighted by Gasteiger charge is -2.39. The molecule has 3 atom stereocenters. The lowest BCUT2D eigenvalue weighted by atomic mass is 9.67. The van der Waals surface area contributed by atoms with Crippen LogP contribution in [-0.4, -0.2) is 61.7 Å². The fourth-order valence-corrected chi connectivity index (χ4v) is 5.13. The number of fused-ring (bicyclic) bond motifs is 1. The van der Waals surface area contributed by atoms with Crippen molar-refractivity contribution in [1.82, 2.24) is 10.2 Å². The number of hydrogen-bond donors (Lipinski definition) is 1. The van der Waals surface area contributed by atoms with Crippen molar-refractivity contribution in [1.29, 1.82) is 0 Å². The van der Waals surface area contributed by atoms with Crippen molar-refractivity contribution in [2.24, 2.45) is 11.3 Å².